The van der Waals surface area contributed by atoms with Crippen LogP contribution in [-0.2, 0) is 11.2 Å². The predicted octanol–water partition coefficient (Wildman–Crippen LogP) is 2.28. The summed E-state index contributed by atoms with van der Waals surface area (Å²) in [5, 5.41) is 6.74. The molecule has 0 saturated carbocycles. The number of benzene rings is 1. The van der Waals surface area contributed by atoms with Crippen molar-refractivity contribution in [2.45, 2.75) is 13.3 Å². The number of anilines is 2. The van der Waals surface area contributed by atoms with E-state index in [9.17, 15) is 4.79 Å². The number of aromatic nitrogens is 2. The first-order valence-electron chi connectivity index (χ1n) is 7.72. The lowest BCUT2D eigenvalue weighted by Crippen LogP contribution is -2.30. The predicted molar refractivity (Wildman–Crippen MR) is 97.8 cm³/mol. The van der Waals surface area contributed by atoms with Gasteiger partial charge in [0, 0.05) is 38.3 Å². The Kier molecular flexibility index (Phi) is 6.37. The molecule has 24 heavy (non-hydrogen) atoms. The van der Waals surface area contributed by atoms with Crippen LogP contribution in [0, 0.1) is 6.92 Å². The van der Waals surface area contributed by atoms with E-state index in [1.54, 1.807) is 12.1 Å². The Morgan fingerprint density at radius 2 is 1.88 bits per heavy atom. The average molecular weight is 348 g/mol. The number of hydrogen-bond acceptors (Lipinski definition) is 5. The first-order chi connectivity index (χ1) is 11.4. The van der Waals surface area contributed by atoms with Crippen LogP contribution in [-0.4, -0.2) is 43.1 Å². The fourth-order valence-electron chi connectivity index (χ4n) is 2.11. The Morgan fingerprint density at radius 3 is 2.54 bits per heavy atom. The zero-order valence-electron chi connectivity index (χ0n) is 14.1. The maximum Gasteiger partial charge on any atom is 0.224 e. The number of halogens is 1. The summed E-state index contributed by atoms with van der Waals surface area (Å²) in [5.41, 5.74) is 0.937. The fourth-order valence-corrected chi connectivity index (χ4v) is 2.24. The average Bonchev–Trinajstić information content (AvgIpc) is 2.53. The van der Waals surface area contributed by atoms with Crippen LogP contribution in [0.25, 0.3) is 0 Å². The summed E-state index contributed by atoms with van der Waals surface area (Å²) in [6, 6.07) is 9.15. The highest BCUT2D eigenvalue weighted by Gasteiger charge is 2.05. The molecule has 0 atom stereocenters. The van der Waals surface area contributed by atoms with Gasteiger partial charge >= 0.3 is 0 Å². The van der Waals surface area contributed by atoms with Gasteiger partial charge in [-0.25, -0.2) is 9.97 Å². The minimum absolute atomic E-state index is 0.0213. The summed E-state index contributed by atoms with van der Waals surface area (Å²) in [6.45, 7) is 2.97. The first kappa shape index (κ1) is 18.0. The van der Waals surface area contributed by atoms with E-state index in [1.165, 1.54) is 0 Å². The number of rotatable bonds is 7. The van der Waals surface area contributed by atoms with Crippen molar-refractivity contribution < 1.29 is 4.79 Å². The van der Waals surface area contributed by atoms with Gasteiger partial charge in [-0.05, 0) is 24.6 Å². The van der Waals surface area contributed by atoms with Crippen LogP contribution in [0.2, 0.25) is 5.02 Å². The second kappa shape index (κ2) is 8.49. The lowest BCUT2D eigenvalue weighted by molar-refractivity contribution is -0.120. The summed E-state index contributed by atoms with van der Waals surface area (Å²) >= 11 is 5.83. The van der Waals surface area contributed by atoms with Gasteiger partial charge in [0.15, 0.2) is 0 Å². The second-order valence-electron chi connectivity index (χ2n) is 5.63. The summed E-state index contributed by atoms with van der Waals surface area (Å²) < 4.78 is 0. The molecule has 0 saturated heterocycles. The van der Waals surface area contributed by atoms with Crippen molar-refractivity contribution in [1.29, 1.82) is 0 Å². The third kappa shape index (κ3) is 5.70. The normalized spacial score (nSPS) is 10.3. The number of carbonyl (C=O) groups is 1. The molecule has 0 aliphatic rings. The van der Waals surface area contributed by atoms with E-state index in [0.29, 0.717) is 30.4 Å². The van der Waals surface area contributed by atoms with E-state index in [0.717, 1.165) is 17.2 Å². The summed E-state index contributed by atoms with van der Waals surface area (Å²) in [5.74, 6) is 2.28. The van der Waals surface area contributed by atoms with Gasteiger partial charge < -0.3 is 15.5 Å². The van der Waals surface area contributed by atoms with Gasteiger partial charge in [-0.3, -0.25) is 4.79 Å². The number of carbonyl (C=O) groups excluding carboxylic acids is 1. The Balaban J connectivity index is 1.76. The number of amides is 1. The van der Waals surface area contributed by atoms with Crippen LogP contribution >= 0.6 is 11.6 Å². The van der Waals surface area contributed by atoms with Crippen LogP contribution in [0.5, 0.6) is 0 Å². The number of aryl methyl sites for hydroxylation is 1. The Hall–Kier alpha value is -2.34. The smallest absolute Gasteiger partial charge is 0.224 e. The van der Waals surface area contributed by atoms with Crippen molar-refractivity contribution >= 4 is 29.1 Å². The van der Waals surface area contributed by atoms with Gasteiger partial charge in [-0.15, -0.1) is 0 Å². The topological polar surface area (TPSA) is 70.2 Å². The van der Waals surface area contributed by atoms with Gasteiger partial charge in [0.05, 0.1) is 6.42 Å². The van der Waals surface area contributed by atoms with Gasteiger partial charge in [-0.1, -0.05) is 23.7 Å². The second-order valence-corrected chi connectivity index (χ2v) is 6.07. The minimum atomic E-state index is -0.0213. The molecule has 7 heteroatoms. The third-order valence-electron chi connectivity index (χ3n) is 3.31. The molecule has 2 rings (SSSR count). The number of hydrogen-bond donors (Lipinski definition) is 2. The van der Waals surface area contributed by atoms with Gasteiger partial charge in [0.2, 0.25) is 5.91 Å². The lowest BCUT2D eigenvalue weighted by Gasteiger charge is -2.14. The van der Waals surface area contributed by atoms with E-state index >= 15 is 0 Å². The van der Waals surface area contributed by atoms with Crippen molar-refractivity contribution in [3.05, 3.63) is 46.7 Å². The molecule has 0 spiro atoms. The first-order valence-corrected chi connectivity index (χ1v) is 8.10. The van der Waals surface area contributed by atoms with Gasteiger partial charge in [0.25, 0.3) is 0 Å². The molecule has 2 N–H and O–H groups in total. The number of nitrogens with zero attached hydrogens (tertiary/aromatic N) is 3. The standard InChI is InChI=1S/C17H22ClN5O/c1-12-21-15(11-16(22-12)23(2)3)19-8-9-20-17(24)10-13-4-6-14(18)7-5-13/h4-7,11H,8-10H2,1-3H3,(H,20,24)(H,19,21,22). The molecule has 0 bridgehead atoms. The zero-order valence-corrected chi connectivity index (χ0v) is 14.9. The van der Waals surface area contributed by atoms with Crippen molar-refractivity contribution in [1.82, 2.24) is 15.3 Å². The van der Waals surface area contributed by atoms with Crippen LogP contribution in [0.4, 0.5) is 11.6 Å². The van der Waals surface area contributed by atoms with E-state index in [1.807, 2.05) is 44.1 Å². The summed E-state index contributed by atoms with van der Waals surface area (Å²) in [7, 11) is 3.87. The highest BCUT2D eigenvalue weighted by atomic mass is 35.5. The van der Waals surface area contributed by atoms with Crippen LogP contribution in [0.3, 0.4) is 0 Å². The molecule has 6 nitrogen and oxygen atoms in total. The molecule has 2 aromatic rings. The van der Waals surface area contributed by atoms with E-state index < -0.39 is 0 Å². The van der Waals surface area contributed by atoms with Crippen LogP contribution < -0.4 is 15.5 Å². The zero-order chi connectivity index (χ0) is 17.5. The fraction of sp³-hybridized carbons (Fsp3) is 0.353. The van der Waals surface area contributed by atoms with Crippen LogP contribution in [0.1, 0.15) is 11.4 Å². The van der Waals surface area contributed by atoms with E-state index in [-0.39, 0.29) is 5.91 Å². The summed E-state index contributed by atoms with van der Waals surface area (Å²) in [6.07, 6.45) is 0.342. The highest BCUT2D eigenvalue weighted by Crippen LogP contribution is 2.13. The van der Waals surface area contributed by atoms with E-state index in [4.69, 9.17) is 11.6 Å². The molecule has 0 aliphatic carbocycles. The maximum absolute atomic E-state index is 11.9. The molecule has 0 radical (unpaired) electrons. The quantitative estimate of drug-likeness (QED) is 0.752. The van der Waals surface area contributed by atoms with Gasteiger partial charge in [-0.2, -0.15) is 0 Å². The third-order valence-corrected chi connectivity index (χ3v) is 3.57. The molecular weight excluding hydrogens is 326 g/mol. The molecule has 1 aromatic carbocycles. The molecular formula is C17H22ClN5O. The largest absolute Gasteiger partial charge is 0.368 e. The molecule has 128 valence electrons. The Labute approximate surface area is 147 Å². The Morgan fingerprint density at radius 1 is 1.17 bits per heavy atom. The van der Waals surface area contributed by atoms with Crippen LogP contribution in [0.15, 0.2) is 30.3 Å². The maximum atomic E-state index is 11.9. The number of nitrogens with one attached hydrogen (secondary N) is 2. The molecule has 1 amide bonds. The van der Waals surface area contributed by atoms with Crippen molar-refractivity contribution in [3.8, 4) is 0 Å². The molecule has 0 fully saturated rings. The summed E-state index contributed by atoms with van der Waals surface area (Å²) in [4.78, 5) is 22.5. The van der Waals surface area contributed by atoms with Crippen molar-refractivity contribution in [2.75, 3.05) is 37.4 Å². The van der Waals surface area contributed by atoms with Crippen molar-refractivity contribution in [3.63, 3.8) is 0 Å². The van der Waals surface area contributed by atoms with Gasteiger partial charge in [0.1, 0.15) is 17.5 Å². The molecule has 1 heterocycles. The van der Waals surface area contributed by atoms with Crippen molar-refractivity contribution in [2.24, 2.45) is 0 Å². The lowest BCUT2D eigenvalue weighted by atomic mass is 10.1. The molecule has 0 unspecified atom stereocenters. The monoisotopic (exact) mass is 347 g/mol. The SMILES string of the molecule is Cc1nc(NCCNC(=O)Cc2ccc(Cl)cc2)cc(N(C)C)n1. The molecule has 1 aromatic heterocycles. The molecule has 0 aliphatic heterocycles. The minimum Gasteiger partial charge on any atom is -0.368 e. The Bertz CT molecular complexity index is 688. The highest BCUT2D eigenvalue weighted by molar-refractivity contribution is 6.30. The van der Waals surface area contributed by atoms with E-state index in [2.05, 4.69) is 20.6 Å².